The van der Waals surface area contributed by atoms with Crippen molar-refractivity contribution in [2.24, 2.45) is 0 Å². The molecule has 0 atom stereocenters. The normalized spacial score (nSPS) is 13.7. The molecule has 3 amide bonds. The van der Waals surface area contributed by atoms with E-state index in [1.165, 1.54) is 11.0 Å². The number of nitrogens with one attached hydrogen (secondary N) is 1. The van der Waals surface area contributed by atoms with Crippen molar-refractivity contribution < 1.29 is 24.2 Å². The lowest BCUT2D eigenvalue weighted by Crippen LogP contribution is -2.51. The van der Waals surface area contributed by atoms with Crippen molar-refractivity contribution in [3.8, 4) is 16.9 Å². The van der Waals surface area contributed by atoms with Crippen LogP contribution in [0.5, 0.6) is 5.75 Å². The fourth-order valence-corrected chi connectivity index (χ4v) is 4.17. The van der Waals surface area contributed by atoms with E-state index in [1.807, 2.05) is 30.3 Å². The second-order valence-corrected chi connectivity index (χ2v) is 10.1. The van der Waals surface area contributed by atoms with E-state index in [2.05, 4.69) is 5.32 Å². The third-order valence-electron chi connectivity index (χ3n) is 6.07. The van der Waals surface area contributed by atoms with Crippen LogP contribution in [0, 0.1) is 0 Å². The predicted octanol–water partition coefficient (Wildman–Crippen LogP) is 4.59. The van der Waals surface area contributed by atoms with Gasteiger partial charge in [0.2, 0.25) is 0 Å². The molecule has 38 heavy (non-hydrogen) atoms. The highest BCUT2D eigenvalue weighted by Gasteiger charge is 2.31. The summed E-state index contributed by atoms with van der Waals surface area (Å²) < 4.78 is 5.43. The van der Waals surface area contributed by atoms with Crippen LogP contribution in [0.25, 0.3) is 11.1 Å². The molecule has 0 aliphatic carbocycles. The molecule has 1 heterocycles. The number of anilines is 2. The molecule has 3 aromatic rings. The number of phenols is 1. The van der Waals surface area contributed by atoms with Crippen LogP contribution >= 0.6 is 0 Å². The number of piperazine rings is 1. The van der Waals surface area contributed by atoms with E-state index in [4.69, 9.17) is 10.5 Å². The Morgan fingerprint density at radius 1 is 0.868 bits per heavy atom. The summed E-state index contributed by atoms with van der Waals surface area (Å²) in [6.45, 7) is 6.40. The number of ether oxygens (including phenoxy) is 1. The number of nitrogen functional groups attached to an aromatic ring is 1. The first-order valence-corrected chi connectivity index (χ1v) is 12.4. The SMILES string of the molecule is CC(C)(C)OC(=O)N1CCN(C(=O)c2c(O)cc(-c3ccccc3)cc2C(=O)Nc2ccc(N)cc2)CC1. The van der Waals surface area contributed by atoms with Crippen LogP contribution < -0.4 is 11.1 Å². The van der Waals surface area contributed by atoms with Crippen LogP contribution in [0.2, 0.25) is 0 Å². The maximum absolute atomic E-state index is 13.6. The van der Waals surface area contributed by atoms with E-state index >= 15 is 0 Å². The first kappa shape index (κ1) is 26.5. The van der Waals surface area contributed by atoms with Gasteiger partial charge in [0, 0.05) is 37.6 Å². The highest BCUT2D eigenvalue weighted by molar-refractivity contribution is 6.14. The second-order valence-electron chi connectivity index (χ2n) is 10.1. The Labute approximate surface area is 221 Å². The number of carbonyl (C=O) groups excluding carboxylic acids is 3. The minimum Gasteiger partial charge on any atom is -0.507 e. The molecule has 1 aliphatic rings. The van der Waals surface area contributed by atoms with Gasteiger partial charge in [0.1, 0.15) is 11.4 Å². The quantitative estimate of drug-likeness (QED) is 0.436. The molecule has 0 spiro atoms. The Kier molecular flexibility index (Phi) is 7.57. The van der Waals surface area contributed by atoms with Gasteiger partial charge in [0.05, 0.1) is 11.1 Å². The van der Waals surface area contributed by atoms with Crippen molar-refractivity contribution in [3.05, 3.63) is 77.9 Å². The van der Waals surface area contributed by atoms with Crippen molar-refractivity contribution in [2.45, 2.75) is 26.4 Å². The van der Waals surface area contributed by atoms with Gasteiger partial charge in [-0.15, -0.1) is 0 Å². The number of hydrogen-bond acceptors (Lipinski definition) is 6. The molecule has 0 aromatic heterocycles. The molecule has 9 heteroatoms. The summed E-state index contributed by atoms with van der Waals surface area (Å²) in [6.07, 6.45) is -0.441. The van der Waals surface area contributed by atoms with Gasteiger partial charge in [-0.1, -0.05) is 30.3 Å². The number of amides is 3. The van der Waals surface area contributed by atoms with E-state index in [1.54, 1.807) is 56.0 Å². The fraction of sp³-hybridized carbons (Fsp3) is 0.276. The third kappa shape index (κ3) is 6.23. The molecule has 1 aliphatic heterocycles. The Balaban J connectivity index is 1.62. The minimum atomic E-state index is -0.622. The zero-order valence-corrected chi connectivity index (χ0v) is 21.7. The van der Waals surface area contributed by atoms with Crippen LogP contribution in [-0.4, -0.2) is 64.6 Å². The summed E-state index contributed by atoms with van der Waals surface area (Å²) in [5.41, 5.74) is 7.50. The summed E-state index contributed by atoms with van der Waals surface area (Å²) in [4.78, 5) is 42.5. The molecule has 1 saturated heterocycles. The monoisotopic (exact) mass is 516 g/mol. The van der Waals surface area contributed by atoms with Gasteiger partial charge >= 0.3 is 6.09 Å². The highest BCUT2D eigenvalue weighted by Crippen LogP contribution is 2.32. The Bertz CT molecular complexity index is 1330. The van der Waals surface area contributed by atoms with Crippen LogP contribution in [0.15, 0.2) is 66.7 Å². The average molecular weight is 517 g/mol. The average Bonchev–Trinajstić information content (AvgIpc) is 2.88. The van der Waals surface area contributed by atoms with Crippen LogP contribution in [0.3, 0.4) is 0 Å². The number of phenolic OH excluding ortho intramolecular Hbond substituents is 1. The van der Waals surface area contributed by atoms with Gasteiger partial charge in [0.25, 0.3) is 11.8 Å². The summed E-state index contributed by atoms with van der Waals surface area (Å²) >= 11 is 0. The zero-order valence-electron chi connectivity index (χ0n) is 21.7. The highest BCUT2D eigenvalue weighted by atomic mass is 16.6. The number of benzene rings is 3. The van der Waals surface area contributed by atoms with E-state index in [-0.39, 0.29) is 43.1 Å². The number of nitrogens with two attached hydrogens (primary N) is 1. The fourth-order valence-electron chi connectivity index (χ4n) is 4.17. The number of nitrogens with zero attached hydrogens (tertiary/aromatic N) is 2. The maximum Gasteiger partial charge on any atom is 0.410 e. The first-order chi connectivity index (χ1) is 18.0. The van der Waals surface area contributed by atoms with Crippen molar-refractivity contribution in [1.29, 1.82) is 0 Å². The Morgan fingerprint density at radius 2 is 1.47 bits per heavy atom. The summed E-state index contributed by atoms with van der Waals surface area (Å²) in [7, 11) is 0. The molecular weight excluding hydrogens is 484 g/mol. The van der Waals surface area contributed by atoms with E-state index in [0.717, 1.165) is 5.56 Å². The summed E-state index contributed by atoms with van der Waals surface area (Å²) in [6, 6.07) is 19.0. The molecule has 9 nitrogen and oxygen atoms in total. The third-order valence-corrected chi connectivity index (χ3v) is 6.07. The molecule has 0 unspecified atom stereocenters. The molecule has 0 radical (unpaired) electrons. The second kappa shape index (κ2) is 10.8. The van der Waals surface area contributed by atoms with Crippen molar-refractivity contribution in [1.82, 2.24) is 9.80 Å². The lowest BCUT2D eigenvalue weighted by atomic mass is 9.96. The molecule has 0 bridgehead atoms. The number of carbonyl (C=O) groups is 3. The first-order valence-electron chi connectivity index (χ1n) is 12.4. The number of aromatic hydroxyl groups is 1. The van der Waals surface area contributed by atoms with Gasteiger partial charge in [0.15, 0.2) is 0 Å². The minimum absolute atomic E-state index is 0.0419. The number of rotatable bonds is 4. The topological polar surface area (TPSA) is 125 Å². The van der Waals surface area contributed by atoms with Gasteiger partial charge in [-0.25, -0.2) is 4.79 Å². The lowest BCUT2D eigenvalue weighted by molar-refractivity contribution is 0.0140. The smallest absolute Gasteiger partial charge is 0.410 e. The maximum atomic E-state index is 13.6. The standard InChI is InChI=1S/C29H32N4O5/c1-29(2,3)38-28(37)33-15-13-32(14-16-33)27(36)25-23(26(35)31-22-11-9-21(30)10-12-22)17-20(18-24(25)34)19-7-5-4-6-8-19/h4-12,17-18,34H,13-16,30H2,1-3H3,(H,31,35). The summed E-state index contributed by atoms with van der Waals surface area (Å²) in [5, 5.41) is 13.8. The van der Waals surface area contributed by atoms with Gasteiger partial charge in [-0.2, -0.15) is 0 Å². The molecule has 3 aromatic carbocycles. The molecule has 0 saturated carbocycles. The molecule has 1 fully saturated rings. The Hall–Kier alpha value is -4.53. The van der Waals surface area contributed by atoms with Crippen LogP contribution in [0.4, 0.5) is 16.2 Å². The van der Waals surface area contributed by atoms with Gasteiger partial charge in [-0.05, 0) is 68.3 Å². The lowest BCUT2D eigenvalue weighted by Gasteiger charge is -2.36. The molecular formula is C29H32N4O5. The van der Waals surface area contributed by atoms with Crippen LogP contribution in [0.1, 0.15) is 41.5 Å². The van der Waals surface area contributed by atoms with Gasteiger partial charge < -0.3 is 30.7 Å². The molecule has 4 rings (SSSR count). The summed E-state index contributed by atoms with van der Waals surface area (Å²) in [5.74, 6) is -1.33. The Morgan fingerprint density at radius 3 is 2.08 bits per heavy atom. The predicted molar refractivity (Wildman–Crippen MR) is 146 cm³/mol. The van der Waals surface area contributed by atoms with Crippen molar-refractivity contribution >= 4 is 29.3 Å². The molecule has 198 valence electrons. The van der Waals surface area contributed by atoms with E-state index in [0.29, 0.717) is 16.9 Å². The van der Waals surface area contributed by atoms with Crippen molar-refractivity contribution in [3.63, 3.8) is 0 Å². The number of hydrogen-bond donors (Lipinski definition) is 3. The van der Waals surface area contributed by atoms with Gasteiger partial charge in [-0.3, -0.25) is 9.59 Å². The van der Waals surface area contributed by atoms with E-state index in [9.17, 15) is 19.5 Å². The van der Waals surface area contributed by atoms with Crippen molar-refractivity contribution in [2.75, 3.05) is 37.2 Å². The molecule has 4 N–H and O–H groups in total. The largest absolute Gasteiger partial charge is 0.507 e. The van der Waals surface area contributed by atoms with E-state index < -0.39 is 23.5 Å². The zero-order chi connectivity index (χ0) is 27.4. The van der Waals surface area contributed by atoms with Crippen LogP contribution in [-0.2, 0) is 4.74 Å².